The van der Waals surface area contributed by atoms with Gasteiger partial charge < -0.3 is 10.2 Å². The number of carbonyl (C=O) groups is 2. The standard InChI is InChI=1S/C24H36O4/c1-14(4-7-21(27)28)17-5-6-18-22-19(9-11-24(17,18)3)23(2)10-8-16(25)12-15(23)13-20(22)26/h12,14,17-20,22,26H,4-11,13H2,1-3H3,(H,27,28)/t14-,17?,18?,19?,20?,22?,23+,24-/m1/s1. The van der Waals surface area contributed by atoms with E-state index in [4.69, 9.17) is 5.11 Å². The Balaban J connectivity index is 1.59. The lowest BCUT2D eigenvalue weighted by Crippen LogP contribution is -2.55. The summed E-state index contributed by atoms with van der Waals surface area (Å²) in [5, 5.41) is 20.3. The third kappa shape index (κ3) is 2.98. The van der Waals surface area contributed by atoms with Crippen molar-refractivity contribution in [3.05, 3.63) is 11.6 Å². The summed E-state index contributed by atoms with van der Waals surface area (Å²) in [5.74, 6) is 1.83. The van der Waals surface area contributed by atoms with Crippen LogP contribution in [0, 0.1) is 40.4 Å². The van der Waals surface area contributed by atoms with E-state index in [1.54, 1.807) is 0 Å². The molecule has 0 aromatic rings. The van der Waals surface area contributed by atoms with Gasteiger partial charge in [-0.15, -0.1) is 0 Å². The number of fused-ring (bicyclic) bond motifs is 5. The highest BCUT2D eigenvalue weighted by Gasteiger charge is 2.61. The number of aliphatic hydroxyl groups is 1. The van der Waals surface area contributed by atoms with Crippen LogP contribution < -0.4 is 0 Å². The number of ketones is 1. The van der Waals surface area contributed by atoms with Crippen LogP contribution in [0.15, 0.2) is 11.6 Å². The zero-order valence-corrected chi connectivity index (χ0v) is 17.6. The lowest BCUT2D eigenvalue weighted by molar-refractivity contribution is -0.137. The molecule has 0 spiro atoms. The number of rotatable bonds is 4. The number of carboxylic acid groups (broad SMARTS) is 1. The van der Waals surface area contributed by atoms with E-state index in [1.807, 2.05) is 6.08 Å². The molecule has 3 saturated carbocycles. The third-order valence-corrected chi connectivity index (χ3v) is 9.56. The van der Waals surface area contributed by atoms with Crippen molar-refractivity contribution in [1.29, 1.82) is 0 Å². The maximum Gasteiger partial charge on any atom is 0.303 e. The monoisotopic (exact) mass is 388 g/mol. The minimum Gasteiger partial charge on any atom is -0.481 e. The van der Waals surface area contributed by atoms with Crippen LogP contribution >= 0.6 is 0 Å². The maximum atomic E-state index is 12.0. The summed E-state index contributed by atoms with van der Waals surface area (Å²) in [6.07, 6.45) is 9.39. The molecule has 0 bridgehead atoms. The summed E-state index contributed by atoms with van der Waals surface area (Å²) in [6, 6.07) is 0. The Bertz CT molecular complexity index is 697. The number of aliphatic hydroxyl groups excluding tert-OH is 1. The summed E-state index contributed by atoms with van der Waals surface area (Å²) in [4.78, 5) is 23.0. The first-order valence-electron chi connectivity index (χ1n) is 11.3. The van der Waals surface area contributed by atoms with Gasteiger partial charge in [-0.2, -0.15) is 0 Å². The van der Waals surface area contributed by atoms with E-state index in [0.29, 0.717) is 42.4 Å². The third-order valence-electron chi connectivity index (χ3n) is 9.56. The molecule has 28 heavy (non-hydrogen) atoms. The van der Waals surface area contributed by atoms with Crippen molar-refractivity contribution in [3.8, 4) is 0 Å². The average molecular weight is 389 g/mol. The Kier molecular flexibility index (Phi) is 5.01. The quantitative estimate of drug-likeness (QED) is 0.738. The van der Waals surface area contributed by atoms with Crippen molar-refractivity contribution in [1.82, 2.24) is 0 Å². The van der Waals surface area contributed by atoms with Crippen molar-refractivity contribution in [2.45, 2.75) is 84.7 Å². The minimum atomic E-state index is -0.697. The fourth-order valence-corrected chi connectivity index (χ4v) is 8.05. The van der Waals surface area contributed by atoms with Crippen molar-refractivity contribution < 1.29 is 19.8 Å². The molecular formula is C24H36O4. The number of hydrogen-bond donors (Lipinski definition) is 2. The summed E-state index contributed by atoms with van der Waals surface area (Å²) in [6.45, 7) is 7.01. The topological polar surface area (TPSA) is 74.6 Å². The van der Waals surface area contributed by atoms with Crippen LogP contribution in [0.3, 0.4) is 0 Å². The van der Waals surface area contributed by atoms with Gasteiger partial charge >= 0.3 is 5.97 Å². The highest BCUT2D eigenvalue weighted by atomic mass is 16.4. The molecular weight excluding hydrogens is 352 g/mol. The van der Waals surface area contributed by atoms with Crippen LogP contribution in [-0.2, 0) is 9.59 Å². The molecule has 0 radical (unpaired) electrons. The molecule has 4 aliphatic rings. The number of aliphatic carboxylic acids is 1. The van der Waals surface area contributed by atoms with Crippen LogP contribution in [0.5, 0.6) is 0 Å². The van der Waals surface area contributed by atoms with Crippen LogP contribution in [0.1, 0.15) is 78.6 Å². The summed E-state index contributed by atoms with van der Waals surface area (Å²) >= 11 is 0. The SMILES string of the molecule is C[C@H](CCC(=O)O)C1CCC2C3C(O)CC4=CC(=O)CC[C@]4(C)C3CC[C@@]21C. The molecule has 4 nitrogen and oxygen atoms in total. The smallest absolute Gasteiger partial charge is 0.303 e. The molecule has 4 rings (SSSR count). The number of carbonyl (C=O) groups excluding carboxylic acids is 1. The molecule has 4 aliphatic carbocycles. The van der Waals surface area contributed by atoms with E-state index >= 15 is 0 Å². The van der Waals surface area contributed by atoms with E-state index < -0.39 is 5.97 Å². The van der Waals surface area contributed by atoms with Crippen LogP contribution in [0.4, 0.5) is 0 Å². The van der Waals surface area contributed by atoms with E-state index in [9.17, 15) is 14.7 Å². The molecule has 0 aliphatic heterocycles. The van der Waals surface area contributed by atoms with Gasteiger partial charge in [0, 0.05) is 12.8 Å². The predicted molar refractivity (Wildman–Crippen MR) is 108 cm³/mol. The average Bonchev–Trinajstić information content (AvgIpc) is 2.98. The molecule has 156 valence electrons. The molecule has 5 unspecified atom stereocenters. The van der Waals surface area contributed by atoms with Gasteiger partial charge in [0.1, 0.15) is 0 Å². The van der Waals surface area contributed by atoms with Gasteiger partial charge in [0.05, 0.1) is 6.10 Å². The molecule has 2 N–H and O–H groups in total. The first-order chi connectivity index (χ1) is 13.2. The lowest BCUT2D eigenvalue weighted by Gasteiger charge is -2.59. The zero-order chi connectivity index (χ0) is 20.3. The van der Waals surface area contributed by atoms with Gasteiger partial charge in [-0.3, -0.25) is 9.59 Å². The van der Waals surface area contributed by atoms with Gasteiger partial charge in [0.25, 0.3) is 0 Å². The van der Waals surface area contributed by atoms with Crippen molar-refractivity contribution >= 4 is 11.8 Å². The summed E-state index contributed by atoms with van der Waals surface area (Å²) in [5.41, 5.74) is 1.49. The lowest BCUT2D eigenvalue weighted by atomic mass is 9.45. The molecule has 0 saturated heterocycles. The first-order valence-corrected chi connectivity index (χ1v) is 11.3. The van der Waals surface area contributed by atoms with Crippen LogP contribution in [0.2, 0.25) is 0 Å². The molecule has 8 atom stereocenters. The Morgan fingerprint density at radius 3 is 2.68 bits per heavy atom. The highest BCUT2D eigenvalue weighted by Crippen LogP contribution is 2.67. The Morgan fingerprint density at radius 2 is 1.96 bits per heavy atom. The summed E-state index contributed by atoms with van der Waals surface area (Å²) < 4.78 is 0. The second-order valence-corrected chi connectivity index (χ2v) is 10.8. The highest BCUT2D eigenvalue weighted by molar-refractivity contribution is 5.91. The van der Waals surface area contributed by atoms with Crippen molar-refractivity contribution in [2.24, 2.45) is 40.4 Å². The number of carboxylic acids is 1. The molecule has 0 aromatic carbocycles. The zero-order valence-electron chi connectivity index (χ0n) is 17.6. The largest absolute Gasteiger partial charge is 0.481 e. The minimum absolute atomic E-state index is 0.0755. The predicted octanol–water partition coefficient (Wildman–Crippen LogP) is 4.61. The van der Waals surface area contributed by atoms with Gasteiger partial charge in [-0.1, -0.05) is 26.3 Å². The normalized spacial score (nSPS) is 46.2. The fraction of sp³-hybridized carbons (Fsp3) is 0.833. The second-order valence-electron chi connectivity index (χ2n) is 10.8. The Hall–Kier alpha value is -1.16. The van der Waals surface area contributed by atoms with E-state index in [1.165, 1.54) is 12.0 Å². The van der Waals surface area contributed by atoms with E-state index in [2.05, 4.69) is 20.8 Å². The Morgan fingerprint density at radius 1 is 1.21 bits per heavy atom. The van der Waals surface area contributed by atoms with E-state index in [0.717, 1.165) is 32.1 Å². The van der Waals surface area contributed by atoms with Gasteiger partial charge in [0.15, 0.2) is 5.78 Å². The molecule has 3 fully saturated rings. The maximum absolute atomic E-state index is 12.0. The van der Waals surface area contributed by atoms with Gasteiger partial charge in [-0.05, 0) is 91.4 Å². The van der Waals surface area contributed by atoms with Crippen molar-refractivity contribution in [2.75, 3.05) is 0 Å². The van der Waals surface area contributed by atoms with Gasteiger partial charge in [-0.25, -0.2) is 0 Å². The van der Waals surface area contributed by atoms with Crippen LogP contribution in [-0.4, -0.2) is 28.1 Å². The van der Waals surface area contributed by atoms with E-state index in [-0.39, 0.29) is 29.1 Å². The molecule has 0 aromatic heterocycles. The second kappa shape index (κ2) is 6.97. The summed E-state index contributed by atoms with van der Waals surface area (Å²) in [7, 11) is 0. The fourth-order valence-electron chi connectivity index (χ4n) is 8.05. The molecule has 0 heterocycles. The number of hydrogen-bond acceptors (Lipinski definition) is 3. The molecule has 0 amide bonds. The van der Waals surface area contributed by atoms with Gasteiger partial charge in [0.2, 0.25) is 0 Å². The molecule has 4 heteroatoms. The first kappa shape index (κ1) is 20.1. The van der Waals surface area contributed by atoms with Crippen LogP contribution in [0.25, 0.3) is 0 Å². The van der Waals surface area contributed by atoms with Crippen molar-refractivity contribution in [3.63, 3.8) is 0 Å². The Labute approximate surface area is 168 Å².